The van der Waals surface area contributed by atoms with E-state index in [2.05, 4.69) is 14.7 Å². The Kier molecular flexibility index (Phi) is 3.82. The molecule has 0 aliphatic carbocycles. The van der Waals surface area contributed by atoms with E-state index >= 15 is 0 Å². The van der Waals surface area contributed by atoms with Crippen LogP contribution in [0.4, 0.5) is 5.82 Å². The maximum absolute atomic E-state index is 10.8. The maximum Gasteiger partial charge on any atom is 0.306 e. The van der Waals surface area contributed by atoms with Gasteiger partial charge in [-0.2, -0.15) is 0 Å². The van der Waals surface area contributed by atoms with Crippen LogP contribution in [0.5, 0.6) is 0 Å². The van der Waals surface area contributed by atoms with Gasteiger partial charge >= 0.3 is 5.97 Å². The largest absolute Gasteiger partial charge is 0.469 e. The number of carbonyl (C=O) groups excluding carboxylic acids is 1. The number of aromatic amines is 1. The first-order valence-corrected chi connectivity index (χ1v) is 5.13. The number of imidazole rings is 1. The quantitative estimate of drug-likeness (QED) is 0.577. The van der Waals surface area contributed by atoms with E-state index in [0.717, 1.165) is 10.9 Å². The van der Waals surface area contributed by atoms with E-state index in [-0.39, 0.29) is 5.97 Å². The number of nitrogens with two attached hydrogens (primary N) is 1. The molecule has 0 saturated heterocycles. The molecule has 78 valence electrons. The van der Waals surface area contributed by atoms with Crippen molar-refractivity contribution in [1.82, 2.24) is 9.97 Å². The van der Waals surface area contributed by atoms with E-state index in [1.165, 1.54) is 18.9 Å². The second-order valence-corrected chi connectivity index (χ2v) is 3.80. The number of carbonyl (C=O) groups is 1. The fraction of sp³-hybridized carbons (Fsp3) is 0.500. The lowest BCUT2D eigenvalue weighted by molar-refractivity contribution is -0.140. The van der Waals surface area contributed by atoms with Gasteiger partial charge in [-0.25, -0.2) is 4.98 Å². The molecule has 0 aliphatic rings. The third-order valence-electron chi connectivity index (χ3n) is 1.59. The third kappa shape index (κ3) is 2.95. The highest BCUT2D eigenvalue weighted by atomic mass is 32.2. The SMILES string of the molecule is COC(=O)CCSc1nc(C)[nH]c1N. The number of hydrogen-bond acceptors (Lipinski definition) is 5. The second kappa shape index (κ2) is 4.90. The van der Waals surface area contributed by atoms with Crippen LogP contribution in [0.2, 0.25) is 0 Å². The van der Waals surface area contributed by atoms with Gasteiger partial charge in [0.1, 0.15) is 16.7 Å². The highest BCUT2D eigenvalue weighted by Crippen LogP contribution is 2.22. The van der Waals surface area contributed by atoms with Crippen LogP contribution >= 0.6 is 11.8 Å². The van der Waals surface area contributed by atoms with Gasteiger partial charge in [0.15, 0.2) is 0 Å². The van der Waals surface area contributed by atoms with Crippen molar-refractivity contribution in [3.63, 3.8) is 0 Å². The van der Waals surface area contributed by atoms with Crippen molar-refractivity contribution in [2.75, 3.05) is 18.6 Å². The van der Waals surface area contributed by atoms with E-state index in [1.807, 2.05) is 6.92 Å². The minimum Gasteiger partial charge on any atom is -0.469 e. The molecule has 0 bridgehead atoms. The van der Waals surface area contributed by atoms with E-state index in [9.17, 15) is 4.79 Å². The lowest BCUT2D eigenvalue weighted by Gasteiger charge is -1.98. The van der Waals surface area contributed by atoms with E-state index in [4.69, 9.17) is 5.73 Å². The van der Waals surface area contributed by atoms with Crippen LogP contribution in [0.1, 0.15) is 12.2 Å². The van der Waals surface area contributed by atoms with Gasteiger partial charge in [0.2, 0.25) is 0 Å². The Labute approximate surface area is 86.4 Å². The Morgan fingerprint density at radius 3 is 2.93 bits per heavy atom. The van der Waals surface area contributed by atoms with Gasteiger partial charge in [-0.1, -0.05) is 0 Å². The number of nitrogens with one attached hydrogen (secondary N) is 1. The molecular formula is C8H13N3O2S. The predicted molar refractivity (Wildman–Crippen MR) is 55.1 cm³/mol. The lowest BCUT2D eigenvalue weighted by Crippen LogP contribution is -2.01. The fourth-order valence-corrected chi connectivity index (χ4v) is 1.80. The zero-order chi connectivity index (χ0) is 10.6. The van der Waals surface area contributed by atoms with Gasteiger partial charge in [0, 0.05) is 5.75 Å². The molecule has 0 fully saturated rings. The lowest BCUT2D eigenvalue weighted by atomic mass is 10.5. The fourth-order valence-electron chi connectivity index (χ4n) is 0.932. The third-order valence-corrected chi connectivity index (χ3v) is 2.58. The van der Waals surface area contributed by atoms with Gasteiger partial charge < -0.3 is 15.5 Å². The molecule has 3 N–H and O–H groups in total. The average molecular weight is 215 g/mol. The Morgan fingerprint density at radius 2 is 2.43 bits per heavy atom. The van der Waals surface area contributed by atoms with Gasteiger partial charge in [0.25, 0.3) is 0 Å². The molecule has 0 aromatic carbocycles. The van der Waals surface area contributed by atoms with Crippen molar-refractivity contribution in [3.05, 3.63) is 5.82 Å². The molecule has 0 aliphatic heterocycles. The summed E-state index contributed by atoms with van der Waals surface area (Å²) in [4.78, 5) is 17.8. The molecule has 0 saturated carbocycles. The normalized spacial score (nSPS) is 10.1. The standard InChI is InChI=1S/C8H13N3O2S/c1-5-10-7(9)8(11-5)14-4-3-6(12)13-2/h3-4,9H2,1-2H3,(H,10,11). The first kappa shape index (κ1) is 10.9. The Hall–Kier alpha value is -1.17. The Balaban J connectivity index is 2.38. The van der Waals surface area contributed by atoms with Crippen LogP contribution in [-0.2, 0) is 9.53 Å². The number of nitrogens with zero attached hydrogens (tertiary/aromatic N) is 1. The van der Waals surface area contributed by atoms with Crippen molar-refractivity contribution in [1.29, 1.82) is 0 Å². The number of nitrogen functional groups attached to an aromatic ring is 1. The average Bonchev–Trinajstić information content (AvgIpc) is 2.45. The molecule has 1 rings (SSSR count). The molecule has 0 atom stereocenters. The molecule has 1 aromatic rings. The number of ether oxygens (including phenoxy) is 1. The summed E-state index contributed by atoms with van der Waals surface area (Å²) >= 11 is 1.44. The van der Waals surface area contributed by atoms with Crippen molar-refractivity contribution >= 4 is 23.5 Å². The highest BCUT2D eigenvalue weighted by molar-refractivity contribution is 7.99. The van der Waals surface area contributed by atoms with Crippen molar-refractivity contribution < 1.29 is 9.53 Å². The van der Waals surface area contributed by atoms with E-state index < -0.39 is 0 Å². The van der Waals surface area contributed by atoms with Crippen molar-refractivity contribution in [2.45, 2.75) is 18.4 Å². The predicted octanol–water partition coefficient (Wildman–Crippen LogP) is 0.956. The molecule has 14 heavy (non-hydrogen) atoms. The smallest absolute Gasteiger partial charge is 0.306 e. The summed E-state index contributed by atoms with van der Waals surface area (Å²) in [7, 11) is 1.38. The number of thioether (sulfide) groups is 1. The molecule has 1 heterocycles. The molecule has 0 unspecified atom stereocenters. The first-order valence-electron chi connectivity index (χ1n) is 4.15. The van der Waals surface area contributed by atoms with E-state index in [1.54, 1.807) is 0 Å². The summed E-state index contributed by atoms with van der Waals surface area (Å²) in [5.41, 5.74) is 5.64. The summed E-state index contributed by atoms with van der Waals surface area (Å²) in [5.74, 6) is 1.74. The van der Waals surface area contributed by atoms with Gasteiger partial charge in [-0.05, 0) is 6.92 Å². The molecule has 0 spiro atoms. The summed E-state index contributed by atoms with van der Waals surface area (Å²) in [6.07, 6.45) is 0.368. The molecular weight excluding hydrogens is 202 g/mol. The minimum absolute atomic E-state index is 0.219. The number of methoxy groups -OCH3 is 1. The number of rotatable bonds is 4. The van der Waals surface area contributed by atoms with Crippen molar-refractivity contribution in [2.24, 2.45) is 0 Å². The molecule has 0 amide bonds. The van der Waals surface area contributed by atoms with Crippen LogP contribution in [0.3, 0.4) is 0 Å². The minimum atomic E-state index is -0.219. The monoisotopic (exact) mass is 215 g/mol. The molecule has 6 heteroatoms. The topological polar surface area (TPSA) is 81.0 Å². The highest BCUT2D eigenvalue weighted by Gasteiger charge is 2.06. The van der Waals surface area contributed by atoms with Crippen molar-refractivity contribution in [3.8, 4) is 0 Å². The Bertz CT molecular complexity index is 324. The number of esters is 1. The summed E-state index contributed by atoms with van der Waals surface area (Å²) < 4.78 is 4.51. The van der Waals surface area contributed by atoms with Crippen LogP contribution in [0.15, 0.2) is 5.03 Å². The summed E-state index contributed by atoms with van der Waals surface area (Å²) in [6.45, 7) is 1.83. The van der Waals surface area contributed by atoms with Gasteiger partial charge in [-0.15, -0.1) is 11.8 Å². The molecule has 0 radical (unpaired) electrons. The second-order valence-electron chi connectivity index (χ2n) is 2.72. The van der Waals surface area contributed by atoms with E-state index in [0.29, 0.717) is 18.0 Å². The van der Waals surface area contributed by atoms with Gasteiger partial charge in [-0.3, -0.25) is 4.79 Å². The summed E-state index contributed by atoms with van der Waals surface area (Å²) in [6, 6.07) is 0. The molecule has 5 nitrogen and oxygen atoms in total. The van der Waals surface area contributed by atoms with Crippen LogP contribution in [0.25, 0.3) is 0 Å². The van der Waals surface area contributed by atoms with Crippen LogP contribution in [-0.4, -0.2) is 28.8 Å². The zero-order valence-corrected chi connectivity index (χ0v) is 8.98. The zero-order valence-electron chi connectivity index (χ0n) is 8.16. The van der Waals surface area contributed by atoms with Gasteiger partial charge in [0.05, 0.1) is 13.5 Å². The number of aryl methyl sites for hydroxylation is 1. The first-order chi connectivity index (χ1) is 6.63. The maximum atomic E-state index is 10.8. The number of aromatic nitrogens is 2. The summed E-state index contributed by atoms with van der Waals surface area (Å²) in [5, 5.41) is 0.742. The number of anilines is 1. The molecule has 1 aromatic heterocycles. The van der Waals surface area contributed by atoms with Crippen LogP contribution in [0, 0.1) is 6.92 Å². The number of H-pyrrole nitrogens is 1. The number of hydrogen-bond donors (Lipinski definition) is 2. The van der Waals surface area contributed by atoms with Crippen LogP contribution < -0.4 is 5.73 Å². The Morgan fingerprint density at radius 1 is 1.71 bits per heavy atom.